The van der Waals surface area contributed by atoms with E-state index in [2.05, 4.69) is 169 Å². The van der Waals surface area contributed by atoms with Crippen molar-refractivity contribution in [3.8, 4) is 22.3 Å². The van der Waals surface area contributed by atoms with Crippen molar-refractivity contribution in [3.05, 3.63) is 176 Å². The van der Waals surface area contributed by atoms with E-state index in [0.29, 0.717) is 0 Å². The molecule has 10 rings (SSSR count). The van der Waals surface area contributed by atoms with Gasteiger partial charge in [-0.2, -0.15) is 0 Å². The molecule has 0 fully saturated rings. The summed E-state index contributed by atoms with van der Waals surface area (Å²) in [5.74, 6) is 0. The average molecular weight is 644 g/mol. The van der Waals surface area contributed by atoms with Crippen LogP contribution in [0.5, 0.6) is 0 Å². The predicted molar refractivity (Wildman–Crippen MR) is 210 cm³/mol. The third-order valence-corrected chi connectivity index (χ3v) is 10.8. The van der Waals surface area contributed by atoms with Crippen LogP contribution in [0.3, 0.4) is 0 Å². The van der Waals surface area contributed by atoms with Gasteiger partial charge in [0.05, 0.1) is 11.4 Å². The molecule has 49 heavy (non-hydrogen) atoms. The summed E-state index contributed by atoms with van der Waals surface area (Å²) in [6, 6.07) is 63.3. The van der Waals surface area contributed by atoms with Gasteiger partial charge in [0, 0.05) is 53.8 Å². The lowest BCUT2D eigenvalue weighted by Gasteiger charge is -2.30. The topological polar surface area (TPSA) is 16.4 Å². The summed E-state index contributed by atoms with van der Waals surface area (Å²) < 4.78 is 9.05. The van der Waals surface area contributed by atoms with Crippen LogP contribution in [0, 0.1) is 0 Å². The Kier molecular flexibility index (Phi) is 6.39. The first kappa shape index (κ1) is 27.9. The zero-order valence-electron chi connectivity index (χ0n) is 26.5. The minimum absolute atomic E-state index is 0.871. The molecule has 0 amide bonds. The van der Waals surface area contributed by atoms with Crippen molar-refractivity contribution in [2.45, 2.75) is 0 Å². The van der Waals surface area contributed by atoms with Crippen molar-refractivity contribution in [2.75, 3.05) is 4.90 Å². The third-order valence-electron chi connectivity index (χ3n) is 9.66. The summed E-state index contributed by atoms with van der Waals surface area (Å²) in [6.45, 7) is 0. The normalized spacial score (nSPS) is 11.7. The van der Waals surface area contributed by atoms with Gasteiger partial charge in [-0.3, -0.25) is 0 Å². The average Bonchev–Trinajstić information content (AvgIpc) is 3.73. The minimum Gasteiger partial charge on any atom is -0.456 e. The SMILES string of the molecule is c1ccc(N(c2ccc3c(c2)oc2ccccc23)c2ccccc2-c2ccc3c(c2)sc2ccccc23)c(-c2ccc3ccccc3c2)c1. The molecule has 2 aromatic heterocycles. The highest BCUT2D eigenvalue weighted by atomic mass is 32.1. The van der Waals surface area contributed by atoms with E-state index in [1.54, 1.807) is 0 Å². The van der Waals surface area contributed by atoms with Gasteiger partial charge >= 0.3 is 0 Å². The van der Waals surface area contributed by atoms with Crippen LogP contribution in [0.2, 0.25) is 0 Å². The number of anilines is 3. The van der Waals surface area contributed by atoms with E-state index in [9.17, 15) is 0 Å². The highest BCUT2D eigenvalue weighted by Gasteiger charge is 2.22. The van der Waals surface area contributed by atoms with Crippen LogP contribution in [0.25, 0.3) is 75.1 Å². The van der Waals surface area contributed by atoms with Crippen molar-refractivity contribution in [3.63, 3.8) is 0 Å². The fourth-order valence-electron chi connectivity index (χ4n) is 7.34. The van der Waals surface area contributed by atoms with Gasteiger partial charge in [0.1, 0.15) is 11.2 Å². The van der Waals surface area contributed by atoms with Crippen molar-refractivity contribution < 1.29 is 4.42 Å². The van der Waals surface area contributed by atoms with Crippen molar-refractivity contribution >= 4 is 81.3 Å². The molecular weight excluding hydrogens is 615 g/mol. The quantitative estimate of drug-likeness (QED) is 0.186. The largest absolute Gasteiger partial charge is 0.456 e. The molecule has 0 atom stereocenters. The predicted octanol–water partition coefficient (Wildman–Crippen LogP) is 13.9. The highest BCUT2D eigenvalue weighted by molar-refractivity contribution is 7.25. The third kappa shape index (κ3) is 4.62. The molecule has 2 nitrogen and oxygen atoms in total. The molecule has 0 saturated carbocycles. The van der Waals surface area contributed by atoms with E-state index in [1.165, 1.54) is 47.6 Å². The molecule has 0 radical (unpaired) electrons. The van der Waals surface area contributed by atoms with Crippen LogP contribution in [0.15, 0.2) is 180 Å². The molecule has 0 unspecified atom stereocenters. The first-order valence-corrected chi connectivity index (χ1v) is 17.4. The fraction of sp³-hybridized carbons (Fsp3) is 0. The van der Waals surface area contributed by atoms with Gasteiger partial charge in [-0.1, -0.05) is 121 Å². The molecule has 0 aliphatic rings. The van der Waals surface area contributed by atoms with E-state index < -0.39 is 0 Å². The van der Waals surface area contributed by atoms with E-state index in [-0.39, 0.29) is 0 Å². The van der Waals surface area contributed by atoms with Crippen molar-refractivity contribution in [1.82, 2.24) is 0 Å². The Hall–Kier alpha value is -6.16. The van der Waals surface area contributed by atoms with Gasteiger partial charge in [-0.15, -0.1) is 11.3 Å². The number of rotatable bonds is 5. The first-order chi connectivity index (χ1) is 24.3. The lowest BCUT2D eigenvalue weighted by molar-refractivity contribution is 0.669. The first-order valence-electron chi connectivity index (χ1n) is 16.6. The van der Waals surface area contributed by atoms with Crippen LogP contribution in [0.4, 0.5) is 17.1 Å². The van der Waals surface area contributed by atoms with Crippen LogP contribution in [-0.4, -0.2) is 0 Å². The standard InChI is InChI=1S/C46H29NOS/c1-2-12-31-27-32(22-21-30(31)11-1)35-13-3-7-17-41(35)47(34-24-26-38-37-15-5-9-19-43(37)48-44(38)29-34)42-18-8-4-14-36(42)33-23-25-40-39-16-6-10-20-45(39)49-46(40)28-33/h1-29H. The maximum absolute atomic E-state index is 6.44. The number of nitrogens with zero attached hydrogens (tertiary/aromatic N) is 1. The van der Waals surface area contributed by atoms with Gasteiger partial charge in [0.15, 0.2) is 0 Å². The molecule has 0 spiro atoms. The minimum atomic E-state index is 0.871. The second kappa shape index (κ2) is 11.2. The maximum Gasteiger partial charge on any atom is 0.137 e. The maximum atomic E-state index is 6.44. The van der Waals surface area contributed by atoms with E-state index in [1.807, 2.05) is 23.5 Å². The number of furan rings is 1. The zero-order chi connectivity index (χ0) is 32.3. The van der Waals surface area contributed by atoms with Gasteiger partial charge in [0.25, 0.3) is 0 Å². The molecule has 0 bridgehead atoms. The van der Waals surface area contributed by atoms with Crippen LogP contribution >= 0.6 is 11.3 Å². The summed E-state index contributed by atoms with van der Waals surface area (Å²) in [5, 5.41) is 7.32. The molecule has 8 aromatic carbocycles. The van der Waals surface area contributed by atoms with E-state index in [4.69, 9.17) is 4.42 Å². The van der Waals surface area contributed by atoms with Crippen LogP contribution in [-0.2, 0) is 0 Å². The summed E-state index contributed by atoms with van der Waals surface area (Å²) in [7, 11) is 0. The second-order valence-electron chi connectivity index (χ2n) is 12.5. The molecule has 0 aliphatic heterocycles. The summed E-state index contributed by atoms with van der Waals surface area (Å²) in [4.78, 5) is 2.40. The smallest absolute Gasteiger partial charge is 0.137 e. The Morgan fingerprint density at radius 1 is 0.388 bits per heavy atom. The van der Waals surface area contributed by atoms with Crippen LogP contribution < -0.4 is 4.90 Å². The molecule has 230 valence electrons. The Morgan fingerprint density at radius 2 is 0.980 bits per heavy atom. The molecule has 3 heteroatoms. The van der Waals surface area contributed by atoms with Crippen molar-refractivity contribution in [2.24, 2.45) is 0 Å². The Morgan fingerprint density at radius 3 is 1.82 bits per heavy atom. The van der Waals surface area contributed by atoms with E-state index >= 15 is 0 Å². The molecule has 0 aliphatic carbocycles. The lowest BCUT2D eigenvalue weighted by atomic mass is 9.97. The number of benzene rings is 8. The summed E-state index contributed by atoms with van der Waals surface area (Å²) in [5.41, 5.74) is 9.70. The zero-order valence-corrected chi connectivity index (χ0v) is 27.3. The molecule has 0 saturated heterocycles. The van der Waals surface area contributed by atoms with E-state index in [0.717, 1.165) is 44.6 Å². The number of hydrogen-bond donors (Lipinski definition) is 0. The Bertz CT molecular complexity index is 2860. The van der Waals surface area contributed by atoms with Crippen molar-refractivity contribution in [1.29, 1.82) is 0 Å². The monoisotopic (exact) mass is 643 g/mol. The summed E-state index contributed by atoms with van der Waals surface area (Å²) in [6.07, 6.45) is 0. The summed E-state index contributed by atoms with van der Waals surface area (Å²) >= 11 is 1.86. The number of hydrogen-bond acceptors (Lipinski definition) is 3. The molecular formula is C46H29NOS. The number of para-hydroxylation sites is 3. The van der Waals surface area contributed by atoms with Gasteiger partial charge in [0.2, 0.25) is 0 Å². The number of fused-ring (bicyclic) bond motifs is 7. The molecule has 2 heterocycles. The van der Waals surface area contributed by atoms with Crippen LogP contribution in [0.1, 0.15) is 0 Å². The molecule has 10 aromatic rings. The molecule has 0 N–H and O–H groups in total. The van der Waals surface area contributed by atoms with Gasteiger partial charge < -0.3 is 9.32 Å². The van der Waals surface area contributed by atoms with Gasteiger partial charge in [-0.05, 0) is 70.4 Å². The Balaban J connectivity index is 1.21. The highest BCUT2D eigenvalue weighted by Crippen LogP contribution is 2.47. The Labute approximate surface area is 287 Å². The lowest BCUT2D eigenvalue weighted by Crippen LogP contribution is -2.12. The second-order valence-corrected chi connectivity index (χ2v) is 13.6. The van der Waals surface area contributed by atoms with Gasteiger partial charge in [-0.25, -0.2) is 0 Å². The number of thiophene rings is 1. The fourth-order valence-corrected chi connectivity index (χ4v) is 8.48.